The highest BCUT2D eigenvalue weighted by Gasteiger charge is 2.55. The summed E-state index contributed by atoms with van der Waals surface area (Å²) in [5.41, 5.74) is 0. The maximum Gasteiger partial charge on any atom is 0.318 e. The average molecular weight is 255 g/mol. The number of carbonyl (C=O) groups excluding carboxylic acids is 2. The highest BCUT2D eigenvalue weighted by molar-refractivity contribution is 5.97. The van der Waals surface area contributed by atoms with Crippen LogP contribution in [0.2, 0.25) is 0 Å². The molecule has 3 aliphatic rings. The van der Waals surface area contributed by atoms with Crippen molar-refractivity contribution in [1.29, 1.82) is 0 Å². The average Bonchev–Trinajstić information content (AvgIpc) is 3.07. The molecule has 0 spiro atoms. The molecule has 19 heavy (non-hydrogen) atoms. The molecule has 0 N–H and O–H groups in total. The van der Waals surface area contributed by atoms with Crippen LogP contribution in [0.3, 0.4) is 0 Å². The van der Waals surface area contributed by atoms with Crippen molar-refractivity contribution in [2.24, 2.45) is 23.7 Å². The Morgan fingerprint density at radius 3 is 2.37 bits per heavy atom. The lowest BCUT2D eigenvalue weighted by Gasteiger charge is -2.10. The van der Waals surface area contributed by atoms with Crippen LogP contribution in [-0.2, 0) is 14.3 Å². The zero-order valence-electron chi connectivity index (χ0n) is 10.5. The van der Waals surface area contributed by atoms with Gasteiger partial charge in [0.25, 0.3) is 0 Å². The minimum Gasteiger partial charge on any atom is -0.393 e. The van der Waals surface area contributed by atoms with Gasteiger partial charge in [-0.3, -0.25) is 9.59 Å². The first-order valence-corrected chi connectivity index (χ1v) is 6.48. The van der Waals surface area contributed by atoms with Crippen molar-refractivity contribution in [3.8, 4) is 0 Å². The Bertz CT molecular complexity index is 431. The molecule has 1 saturated heterocycles. The van der Waals surface area contributed by atoms with E-state index in [-0.39, 0.29) is 35.6 Å². The van der Waals surface area contributed by atoms with E-state index in [2.05, 4.69) is 6.58 Å². The SMILES string of the molecule is C=CC1CC(/C=C/[C]2[CH][CH][CH][CH]2)[C@H]2C(=O)OC(=O)[C@@H]12. The van der Waals surface area contributed by atoms with E-state index >= 15 is 0 Å². The van der Waals surface area contributed by atoms with Crippen LogP contribution in [0.1, 0.15) is 6.42 Å². The zero-order valence-corrected chi connectivity index (χ0v) is 10.5. The minimum atomic E-state index is -0.385. The molecule has 1 heterocycles. The van der Waals surface area contributed by atoms with Crippen LogP contribution >= 0.6 is 0 Å². The Hall–Kier alpha value is -1.38. The van der Waals surface area contributed by atoms with E-state index < -0.39 is 0 Å². The van der Waals surface area contributed by atoms with Crippen molar-refractivity contribution in [1.82, 2.24) is 0 Å². The third-order valence-corrected chi connectivity index (χ3v) is 4.13. The second-order valence-corrected chi connectivity index (χ2v) is 5.17. The van der Waals surface area contributed by atoms with Gasteiger partial charge in [0.15, 0.2) is 0 Å². The first-order valence-electron chi connectivity index (χ1n) is 6.48. The number of hydrogen-bond donors (Lipinski definition) is 0. The predicted molar refractivity (Wildman–Crippen MR) is 69.5 cm³/mol. The maximum atomic E-state index is 11.8. The Kier molecular flexibility index (Phi) is 3.29. The highest BCUT2D eigenvalue weighted by Crippen LogP contribution is 2.47. The molecule has 3 heteroatoms. The molecule has 2 aliphatic carbocycles. The maximum absolute atomic E-state index is 11.8. The molecular formula is C16H15O3. The lowest BCUT2D eigenvalue weighted by atomic mass is 9.88. The van der Waals surface area contributed by atoms with E-state index in [9.17, 15) is 9.59 Å². The van der Waals surface area contributed by atoms with Crippen molar-refractivity contribution in [3.05, 3.63) is 56.4 Å². The predicted octanol–water partition coefficient (Wildman–Crippen LogP) is 2.09. The van der Waals surface area contributed by atoms with Crippen LogP contribution in [0.4, 0.5) is 0 Å². The van der Waals surface area contributed by atoms with Crippen LogP contribution in [-0.4, -0.2) is 11.9 Å². The number of ether oxygens (including phenoxy) is 1. The van der Waals surface area contributed by atoms with Gasteiger partial charge in [0.05, 0.1) is 11.8 Å². The van der Waals surface area contributed by atoms with Gasteiger partial charge in [-0.05, 0) is 43.9 Å². The van der Waals surface area contributed by atoms with Crippen LogP contribution in [0.25, 0.3) is 0 Å². The van der Waals surface area contributed by atoms with Gasteiger partial charge in [-0.15, -0.1) is 6.58 Å². The summed E-state index contributed by atoms with van der Waals surface area (Å²) < 4.78 is 4.77. The summed E-state index contributed by atoms with van der Waals surface area (Å²) in [5, 5.41) is 0. The molecule has 5 radical (unpaired) electrons. The van der Waals surface area contributed by atoms with Crippen molar-refractivity contribution >= 4 is 11.9 Å². The summed E-state index contributed by atoms with van der Waals surface area (Å²) in [7, 11) is 0. The normalized spacial score (nSPS) is 38.9. The first kappa shape index (κ1) is 12.6. The molecule has 4 atom stereocenters. The summed E-state index contributed by atoms with van der Waals surface area (Å²) in [6.45, 7) is 3.76. The van der Waals surface area contributed by atoms with Crippen LogP contribution in [0.15, 0.2) is 24.8 Å². The van der Waals surface area contributed by atoms with Gasteiger partial charge in [0.2, 0.25) is 0 Å². The molecule has 3 rings (SSSR count). The monoisotopic (exact) mass is 255 g/mol. The fourth-order valence-electron chi connectivity index (χ4n) is 3.19. The van der Waals surface area contributed by atoms with Gasteiger partial charge in [0, 0.05) is 5.92 Å². The summed E-state index contributed by atoms with van der Waals surface area (Å²) in [6, 6.07) is 0. The first-order chi connectivity index (χ1) is 9.20. The number of rotatable bonds is 3. The van der Waals surface area contributed by atoms with E-state index in [1.54, 1.807) is 6.08 Å². The lowest BCUT2D eigenvalue weighted by molar-refractivity contribution is -0.154. The fourth-order valence-corrected chi connectivity index (χ4v) is 3.19. The standard InChI is InChI=1S/C16H15O3/c1-2-11-9-12(8-7-10-5-3-4-6-10)14-13(11)15(17)19-16(14)18/h2-8,11-14H,1,9H2/b8-7+/t11?,12?,13-,14+/m0/s1. The van der Waals surface area contributed by atoms with Crippen LogP contribution in [0.5, 0.6) is 0 Å². The van der Waals surface area contributed by atoms with Gasteiger partial charge < -0.3 is 4.74 Å². The second kappa shape index (κ2) is 4.95. The zero-order chi connectivity index (χ0) is 13.4. The molecule has 2 saturated carbocycles. The van der Waals surface area contributed by atoms with Gasteiger partial charge in [0.1, 0.15) is 0 Å². The number of allylic oxidation sites excluding steroid dienone is 3. The Morgan fingerprint density at radius 1 is 1.11 bits per heavy atom. The quantitative estimate of drug-likeness (QED) is 0.440. The molecule has 0 aromatic rings. The molecule has 3 nitrogen and oxygen atoms in total. The molecule has 2 unspecified atom stereocenters. The fraction of sp³-hybridized carbons (Fsp3) is 0.312. The largest absolute Gasteiger partial charge is 0.393 e. The Balaban J connectivity index is 1.76. The molecule has 0 bridgehead atoms. The number of fused-ring (bicyclic) bond motifs is 1. The van der Waals surface area contributed by atoms with Gasteiger partial charge >= 0.3 is 11.9 Å². The molecule has 3 fully saturated rings. The topological polar surface area (TPSA) is 43.4 Å². The Morgan fingerprint density at radius 2 is 1.74 bits per heavy atom. The van der Waals surface area contributed by atoms with Crippen LogP contribution in [0, 0.1) is 55.3 Å². The summed E-state index contributed by atoms with van der Waals surface area (Å²) >= 11 is 0. The van der Waals surface area contributed by atoms with E-state index in [1.165, 1.54) is 0 Å². The summed E-state index contributed by atoms with van der Waals surface area (Å²) in [4.78, 5) is 23.5. The lowest BCUT2D eigenvalue weighted by Crippen LogP contribution is -2.19. The van der Waals surface area contributed by atoms with Crippen LogP contribution < -0.4 is 0 Å². The van der Waals surface area contributed by atoms with Crippen molar-refractivity contribution < 1.29 is 14.3 Å². The van der Waals surface area contributed by atoms with Gasteiger partial charge in [-0.1, -0.05) is 18.2 Å². The van der Waals surface area contributed by atoms with E-state index in [0.717, 1.165) is 12.3 Å². The van der Waals surface area contributed by atoms with Gasteiger partial charge in [-0.2, -0.15) is 0 Å². The summed E-state index contributed by atoms with van der Waals surface area (Å²) in [6.07, 6.45) is 14.5. The minimum absolute atomic E-state index is 0.0401. The number of hydrogen-bond acceptors (Lipinski definition) is 3. The smallest absolute Gasteiger partial charge is 0.318 e. The summed E-state index contributed by atoms with van der Waals surface area (Å²) in [5.74, 6) is -0.224. The third-order valence-electron chi connectivity index (χ3n) is 4.13. The molecule has 1 aliphatic heterocycles. The third kappa shape index (κ3) is 2.15. The molecule has 0 aromatic heterocycles. The van der Waals surface area contributed by atoms with Crippen molar-refractivity contribution in [2.45, 2.75) is 6.42 Å². The van der Waals surface area contributed by atoms with Gasteiger partial charge in [-0.25, -0.2) is 0 Å². The molecular weight excluding hydrogens is 240 g/mol. The van der Waals surface area contributed by atoms with E-state index in [1.807, 2.05) is 37.8 Å². The number of carbonyl (C=O) groups is 2. The molecule has 0 amide bonds. The van der Waals surface area contributed by atoms with E-state index in [0.29, 0.717) is 0 Å². The highest BCUT2D eigenvalue weighted by atomic mass is 16.6. The van der Waals surface area contributed by atoms with Crippen molar-refractivity contribution in [2.75, 3.05) is 0 Å². The molecule has 97 valence electrons. The van der Waals surface area contributed by atoms with Crippen molar-refractivity contribution in [3.63, 3.8) is 0 Å². The Labute approximate surface area is 113 Å². The number of esters is 2. The van der Waals surface area contributed by atoms with E-state index in [4.69, 9.17) is 4.74 Å². The second-order valence-electron chi connectivity index (χ2n) is 5.17. The molecule has 0 aromatic carbocycles. The number of cyclic esters (lactones) is 2.